The minimum Gasteiger partial charge on any atom is -0.480 e. The predicted octanol–water partition coefficient (Wildman–Crippen LogP) is 6.98. The number of aliphatic carboxylic acids is 1. The Hall–Kier alpha value is -6.61. The third kappa shape index (κ3) is 18.9. The largest absolute Gasteiger partial charge is 0.480 e. The van der Waals surface area contributed by atoms with E-state index in [9.17, 15) is 29.1 Å². The number of alkyl carbamates (subject to hydrolysis) is 1. The molecule has 0 spiro atoms. The van der Waals surface area contributed by atoms with Gasteiger partial charge in [0.25, 0.3) is 0 Å². The molecule has 3 N–H and O–H groups in total. The van der Waals surface area contributed by atoms with Gasteiger partial charge < -0.3 is 34.3 Å². The molecule has 4 aromatic rings. The van der Waals surface area contributed by atoms with Crippen LogP contribution < -0.4 is 10.7 Å². The zero-order chi connectivity index (χ0) is 41.9. The standard InChI is InChI=1S/C44H53N5O10/c50-40(51)31-48(44(55)59-35-39-23-11-4-12-24-39)28-16-27-47(43(54)58-34-38-21-9-3-10-22-38)26-13-14-29-49(46-42(53)57-33-37-19-7-2-8-20-37)30-15-25-45-41(52)56-32-36-17-5-1-6-18-36/h1-12,17-24H,13-16,25-35H2,(H,45,52)(H,46,53)(H,50,51). The van der Waals surface area contributed by atoms with Crippen LogP contribution in [0.15, 0.2) is 121 Å². The van der Waals surface area contributed by atoms with E-state index in [0.717, 1.165) is 27.2 Å². The number of hydrogen-bond acceptors (Lipinski definition) is 10. The number of amides is 4. The first kappa shape index (κ1) is 45.1. The van der Waals surface area contributed by atoms with E-state index in [1.54, 1.807) is 17.1 Å². The highest BCUT2D eigenvalue weighted by Gasteiger charge is 2.21. The van der Waals surface area contributed by atoms with Crippen LogP contribution in [0.1, 0.15) is 47.9 Å². The van der Waals surface area contributed by atoms with E-state index in [1.807, 2.05) is 109 Å². The lowest BCUT2D eigenvalue weighted by molar-refractivity contribution is -0.138. The van der Waals surface area contributed by atoms with Crippen LogP contribution in [0.5, 0.6) is 0 Å². The van der Waals surface area contributed by atoms with E-state index < -0.39 is 36.9 Å². The van der Waals surface area contributed by atoms with E-state index in [1.165, 1.54) is 4.90 Å². The van der Waals surface area contributed by atoms with Gasteiger partial charge in [0.15, 0.2) is 0 Å². The van der Waals surface area contributed by atoms with Gasteiger partial charge in [0.1, 0.15) is 33.0 Å². The van der Waals surface area contributed by atoms with E-state index in [0.29, 0.717) is 38.9 Å². The molecule has 4 aromatic carbocycles. The van der Waals surface area contributed by atoms with Crippen molar-refractivity contribution in [2.45, 2.75) is 52.1 Å². The number of carbonyl (C=O) groups is 5. The summed E-state index contributed by atoms with van der Waals surface area (Å²) in [4.78, 5) is 65.5. The van der Waals surface area contributed by atoms with Crippen LogP contribution >= 0.6 is 0 Å². The first-order valence-electron chi connectivity index (χ1n) is 19.5. The van der Waals surface area contributed by atoms with Gasteiger partial charge in [-0.15, -0.1) is 0 Å². The summed E-state index contributed by atoms with van der Waals surface area (Å²) in [7, 11) is 0. The molecule has 15 heteroatoms. The van der Waals surface area contributed by atoms with Crippen molar-refractivity contribution in [1.29, 1.82) is 0 Å². The maximum Gasteiger partial charge on any atom is 0.422 e. The molecule has 4 rings (SSSR count). The van der Waals surface area contributed by atoms with Crippen LogP contribution in [-0.4, -0.2) is 96.1 Å². The first-order valence-corrected chi connectivity index (χ1v) is 19.5. The maximum absolute atomic E-state index is 13.4. The van der Waals surface area contributed by atoms with Crippen LogP contribution in [-0.2, 0) is 50.2 Å². The lowest BCUT2D eigenvalue weighted by atomic mass is 10.2. The lowest BCUT2D eigenvalue weighted by Crippen LogP contribution is -2.44. The molecule has 0 unspecified atom stereocenters. The van der Waals surface area contributed by atoms with Crippen molar-refractivity contribution in [3.05, 3.63) is 144 Å². The molecular formula is C44H53N5O10. The fraction of sp³-hybridized carbons (Fsp3) is 0.341. The smallest absolute Gasteiger partial charge is 0.422 e. The van der Waals surface area contributed by atoms with Gasteiger partial charge in [0.05, 0.1) is 0 Å². The van der Waals surface area contributed by atoms with Crippen LogP contribution in [0.25, 0.3) is 0 Å². The van der Waals surface area contributed by atoms with Gasteiger partial charge in [0, 0.05) is 39.3 Å². The number of unbranched alkanes of at least 4 members (excludes halogenated alkanes) is 1. The molecule has 0 atom stereocenters. The fourth-order valence-corrected chi connectivity index (χ4v) is 5.71. The number of rotatable bonds is 24. The fourth-order valence-electron chi connectivity index (χ4n) is 5.71. The van der Waals surface area contributed by atoms with E-state index in [4.69, 9.17) is 18.9 Å². The number of hydrazine groups is 1. The molecule has 0 fully saturated rings. The van der Waals surface area contributed by atoms with Crippen molar-refractivity contribution in [2.24, 2.45) is 0 Å². The molecule has 0 aliphatic heterocycles. The molecule has 0 saturated carbocycles. The van der Waals surface area contributed by atoms with Gasteiger partial charge in [-0.2, -0.15) is 0 Å². The maximum atomic E-state index is 13.4. The second-order valence-electron chi connectivity index (χ2n) is 13.4. The van der Waals surface area contributed by atoms with Crippen molar-refractivity contribution in [3.8, 4) is 0 Å². The number of hydrogen-bond donors (Lipinski definition) is 3. The van der Waals surface area contributed by atoms with Crippen molar-refractivity contribution < 1.29 is 48.0 Å². The quantitative estimate of drug-likeness (QED) is 0.0378. The van der Waals surface area contributed by atoms with E-state index >= 15 is 0 Å². The summed E-state index contributed by atoms with van der Waals surface area (Å²) < 4.78 is 21.7. The Balaban J connectivity index is 1.30. The summed E-state index contributed by atoms with van der Waals surface area (Å²) >= 11 is 0. The Bertz CT molecular complexity index is 1840. The summed E-state index contributed by atoms with van der Waals surface area (Å²) in [6.45, 7) is 1.27. The molecule has 59 heavy (non-hydrogen) atoms. The van der Waals surface area contributed by atoms with Crippen molar-refractivity contribution in [3.63, 3.8) is 0 Å². The molecule has 0 aliphatic rings. The van der Waals surface area contributed by atoms with Crippen molar-refractivity contribution in [2.75, 3.05) is 45.8 Å². The molecule has 15 nitrogen and oxygen atoms in total. The lowest BCUT2D eigenvalue weighted by Gasteiger charge is -2.26. The normalized spacial score (nSPS) is 10.6. The summed E-state index contributed by atoms with van der Waals surface area (Å²) in [6.07, 6.45) is -0.717. The number of carboxylic acids is 1. The topological polar surface area (TPSA) is 176 Å². The van der Waals surface area contributed by atoms with Crippen molar-refractivity contribution in [1.82, 2.24) is 25.6 Å². The van der Waals surface area contributed by atoms with Gasteiger partial charge in [-0.25, -0.2) is 24.2 Å². The average Bonchev–Trinajstić information content (AvgIpc) is 3.26. The molecule has 0 saturated heterocycles. The molecule has 0 radical (unpaired) electrons. The average molecular weight is 812 g/mol. The number of benzene rings is 4. The Morgan fingerprint density at radius 1 is 0.458 bits per heavy atom. The summed E-state index contributed by atoms with van der Waals surface area (Å²) in [5.74, 6) is -1.19. The van der Waals surface area contributed by atoms with E-state index in [2.05, 4.69) is 10.7 Å². The SMILES string of the molecule is O=C(O)CN(CCCN(CCCCN(CCCNC(=O)OCc1ccccc1)NC(=O)OCc1ccccc1)C(=O)OCc1ccccc1)C(=O)OCc1ccccc1. The van der Waals surface area contributed by atoms with Crippen LogP contribution in [0.4, 0.5) is 19.2 Å². The molecule has 4 amide bonds. The highest BCUT2D eigenvalue weighted by molar-refractivity contribution is 5.76. The number of carboxylic acid groups (broad SMARTS) is 1. The van der Waals surface area contributed by atoms with Gasteiger partial charge in [0.2, 0.25) is 0 Å². The molecule has 0 aliphatic carbocycles. The van der Waals surface area contributed by atoms with Crippen LogP contribution in [0.3, 0.4) is 0 Å². The molecule has 0 aromatic heterocycles. The third-order valence-corrected chi connectivity index (χ3v) is 8.76. The highest BCUT2D eigenvalue weighted by atomic mass is 16.6. The molecule has 314 valence electrons. The number of nitrogens with zero attached hydrogens (tertiary/aromatic N) is 3. The monoisotopic (exact) mass is 811 g/mol. The third-order valence-electron chi connectivity index (χ3n) is 8.76. The van der Waals surface area contributed by atoms with Crippen LogP contribution in [0.2, 0.25) is 0 Å². The minimum absolute atomic E-state index is 0.0117. The Morgan fingerprint density at radius 3 is 1.34 bits per heavy atom. The number of ether oxygens (including phenoxy) is 4. The summed E-state index contributed by atoms with van der Waals surface area (Å²) in [6, 6.07) is 36.9. The Kier molecular flexibility index (Phi) is 20.1. The Labute approximate surface area is 344 Å². The minimum atomic E-state index is -1.19. The number of carbonyl (C=O) groups excluding carboxylic acids is 4. The summed E-state index contributed by atoms with van der Waals surface area (Å²) in [5, 5.41) is 13.9. The van der Waals surface area contributed by atoms with Gasteiger partial charge in [-0.3, -0.25) is 15.1 Å². The van der Waals surface area contributed by atoms with Crippen molar-refractivity contribution >= 4 is 30.3 Å². The van der Waals surface area contributed by atoms with Crippen LogP contribution in [0, 0.1) is 0 Å². The predicted molar refractivity (Wildman–Crippen MR) is 218 cm³/mol. The molecule has 0 heterocycles. The molecule has 0 bridgehead atoms. The number of nitrogens with one attached hydrogen (secondary N) is 2. The summed E-state index contributed by atoms with van der Waals surface area (Å²) in [5.41, 5.74) is 6.07. The zero-order valence-electron chi connectivity index (χ0n) is 33.1. The van der Waals surface area contributed by atoms with Gasteiger partial charge >= 0.3 is 30.3 Å². The second-order valence-corrected chi connectivity index (χ2v) is 13.4. The van der Waals surface area contributed by atoms with Gasteiger partial charge in [-0.05, 0) is 47.9 Å². The molecular weight excluding hydrogens is 759 g/mol. The zero-order valence-corrected chi connectivity index (χ0v) is 33.1. The van der Waals surface area contributed by atoms with E-state index in [-0.39, 0.29) is 52.5 Å². The second kappa shape index (κ2) is 26.3. The highest BCUT2D eigenvalue weighted by Crippen LogP contribution is 2.10. The Morgan fingerprint density at radius 2 is 0.847 bits per heavy atom. The van der Waals surface area contributed by atoms with Gasteiger partial charge in [-0.1, -0.05) is 121 Å². The first-order chi connectivity index (χ1) is 28.7.